The van der Waals surface area contributed by atoms with E-state index in [1.54, 1.807) is 18.4 Å². The van der Waals surface area contributed by atoms with Crippen LogP contribution < -0.4 is 15.2 Å². The highest BCUT2D eigenvalue weighted by molar-refractivity contribution is 7.18. The van der Waals surface area contributed by atoms with Gasteiger partial charge in [-0.25, -0.2) is 9.98 Å². The van der Waals surface area contributed by atoms with Crippen molar-refractivity contribution in [2.45, 2.75) is 25.0 Å². The van der Waals surface area contributed by atoms with E-state index in [9.17, 15) is 0 Å². The van der Waals surface area contributed by atoms with Crippen LogP contribution in [0.2, 0.25) is 0 Å². The minimum Gasteiger partial charge on any atom is -0.497 e. The van der Waals surface area contributed by atoms with Crippen molar-refractivity contribution in [3.63, 3.8) is 0 Å². The van der Waals surface area contributed by atoms with Gasteiger partial charge >= 0.3 is 0 Å². The van der Waals surface area contributed by atoms with Crippen molar-refractivity contribution in [3.05, 3.63) is 52.5 Å². The van der Waals surface area contributed by atoms with Crippen LogP contribution in [-0.4, -0.2) is 36.9 Å². The summed E-state index contributed by atoms with van der Waals surface area (Å²) in [7, 11) is 1.68. The van der Waals surface area contributed by atoms with E-state index in [4.69, 9.17) is 20.2 Å². The highest BCUT2D eigenvalue weighted by atomic mass is 32.1. The molecule has 0 radical (unpaired) electrons. The van der Waals surface area contributed by atoms with E-state index in [1.165, 1.54) is 5.56 Å². The van der Waals surface area contributed by atoms with E-state index in [1.807, 2.05) is 18.3 Å². The first-order chi connectivity index (χ1) is 13.7. The fourth-order valence-corrected chi connectivity index (χ4v) is 4.73. The van der Waals surface area contributed by atoms with Crippen molar-refractivity contribution >= 4 is 33.5 Å². The normalized spacial score (nSPS) is 21.1. The molecule has 2 aromatic carbocycles. The van der Waals surface area contributed by atoms with Crippen molar-refractivity contribution in [1.82, 2.24) is 4.98 Å². The van der Waals surface area contributed by atoms with Gasteiger partial charge in [-0.3, -0.25) is 10.7 Å². The molecule has 3 heterocycles. The smallest absolute Gasteiger partial charge is 0.191 e. The lowest BCUT2D eigenvalue weighted by Gasteiger charge is -2.24. The van der Waals surface area contributed by atoms with Gasteiger partial charge in [0.05, 0.1) is 29.6 Å². The SMILES string of the molecule is COc1ccc2c(c1)CC(c1nc3ccc(C4=NC(N)N=CC4)cc3s1)CO2. The van der Waals surface area contributed by atoms with Gasteiger partial charge in [0.2, 0.25) is 0 Å². The first kappa shape index (κ1) is 17.3. The maximum absolute atomic E-state index is 5.98. The fraction of sp³-hybridized carbons (Fsp3) is 0.286. The molecular formula is C21H20N4O2S. The van der Waals surface area contributed by atoms with Gasteiger partial charge in [-0.1, -0.05) is 6.07 Å². The molecule has 2 unspecified atom stereocenters. The second-order valence-electron chi connectivity index (χ2n) is 6.95. The van der Waals surface area contributed by atoms with Crippen LogP contribution in [0.15, 0.2) is 46.4 Å². The molecule has 0 fully saturated rings. The number of hydrogen-bond acceptors (Lipinski definition) is 7. The van der Waals surface area contributed by atoms with Crippen molar-refractivity contribution < 1.29 is 9.47 Å². The second-order valence-corrected chi connectivity index (χ2v) is 8.01. The summed E-state index contributed by atoms with van der Waals surface area (Å²) in [5, 5.41) is 1.10. The van der Waals surface area contributed by atoms with Gasteiger partial charge in [0.1, 0.15) is 16.5 Å². The van der Waals surface area contributed by atoms with Crippen LogP contribution in [0.4, 0.5) is 0 Å². The molecule has 2 N–H and O–H groups in total. The molecule has 5 rings (SSSR count). The molecular weight excluding hydrogens is 372 g/mol. The molecule has 3 aromatic rings. The van der Waals surface area contributed by atoms with E-state index in [0.717, 1.165) is 44.4 Å². The Kier molecular flexibility index (Phi) is 4.33. The van der Waals surface area contributed by atoms with Crippen LogP contribution in [0, 0.1) is 0 Å². The quantitative estimate of drug-likeness (QED) is 0.739. The maximum atomic E-state index is 5.98. The Morgan fingerprint density at radius 1 is 1.21 bits per heavy atom. The molecule has 0 saturated heterocycles. The Hall–Kier alpha value is -2.77. The number of rotatable bonds is 3. The molecule has 28 heavy (non-hydrogen) atoms. The summed E-state index contributed by atoms with van der Waals surface area (Å²) in [4.78, 5) is 13.4. The van der Waals surface area contributed by atoms with Crippen LogP contribution >= 0.6 is 11.3 Å². The fourth-order valence-electron chi connectivity index (χ4n) is 3.64. The molecule has 7 heteroatoms. The average molecular weight is 392 g/mol. The lowest BCUT2D eigenvalue weighted by atomic mass is 9.97. The van der Waals surface area contributed by atoms with E-state index in [0.29, 0.717) is 13.0 Å². The number of methoxy groups -OCH3 is 1. The Labute approximate surface area is 166 Å². The van der Waals surface area contributed by atoms with Crippen LogP contribution in [0.25, 0.3) is 10.2 Å². The van der Waals surface area contributed by atoms with Crippen LogP contribution in [0.1, 0.15) is 28.5 Å². The summed E-state index contributed by atoms with van der Waals surface area (Å²) in [5.74, 6) is 2.04. The molecule has 142 valence electrons. The lowest BCUT2D eigenvalue weighted by Crippen LogP contribution is -2.21. The molecule has 0 spiro atoms. The molecule has 0 amide bonds. The highest BCUT2D eigenvalue weighted by Crippen LogP contribution is 2.37. The molecule has 2 atom stereocenters. The Morgan fingerprint density at radius 2 is 2.14 bits per heavy atom. The summed E-state index contributed by atoms with van der Waals surface area (Å²) >= 11 is 1.73. The zero-order chi connectivity index (χ0) is 19.1. The molecule has 0 saturated carbocycles. The number of fused-ring (bicyclic) bond motifs is 2. The van der Waals surface area contributed by atoms with Crippen molar-refractivity contribution in [1.29, 1.82) is 0 Å². The van der Waals surface area contributed by atoms with Crippen LogP contribution in [-0.2, 0) is 6.42 Å². The molecule has 2 aliphatic heterocycles. The topological polar surface area (TPSA) is 82.1 Å². The number of nitrogens with two attached hydrogens (primary N) is 1. The standard InChI is InChI=1S/C21H20N4O2S/c1-26-15-3-5-18-13(9-15)8-14(11-27-18)20-24-17-4-2-12(10-19(17)28-20)16-6-7-23-21(22)25-16/h2-5,7,9-10,14,21H,6,8,11,22H2,1H3. The third-order valence-corrected chi connectivity index (χ3v) is 6.27. The summed E-state index contributed by atoms with van der Waals surface area (Å²) in [6.45, 7) is 0.643. The number of thiazole rings is 1. The van der Waals surface area contributed by atoms with Gasteiger partial charge in [0, 0.05) is 18.6 Å². The Bertz CT molecular complexity index is 1100. The van der Waals surface area contributed by atoms with Gasteiger partial charge < -0.3 is 9.47 Å². The van der Waals surface area contributed by atoms with E-state index in [2.05, 4.69) is 34.3 Å². The van der Waals surface area contributed by atoms with E-state index >= 15 is 0 Å². The molecule has 1 aromatic heterocycles. The number of benzene rings is 2. The lowest BCUT2D eigenvalue weighted by molar-refractivity contribution is 0.261. The van der Waals surface area contributed by atoms with Crippen LogP contribution in [0.5, 0.6) is 11.5 Å². The zero-order valence-corrected chi connectivity index (χ0v) is 16.3. The van der Waals surface area contributed by atoms with Gasteiger partial charge in [-0.2, -0.15) is 0 Å². The molecule has 6 nitrogen and oxygen atoms in total. The van der Waals surface area contributed by atoms with E-state index < -0.39 is 6.29 Å². The van der Waals surface area contributed by atoms with Gasteiger partial charge in [0.15, 0.2) is 6.29 Å². The summed E-state index contributed by atoms with van der Waals surface area (Å²) < 4.78 is 12.5. The number of hydrogen-bond donors (Lipinski definition) is 1. The van der Waals surface area contributed by atoms with E-state index in [-0.39, 0.29) is 5.92 Å². The summed E-state index contributed by atoms with van der Waals surface area (Å²) in [6.07, 6.45) is 2.95. The summed E-state index contributed by atoms with van der Waals surface area (Å²) in [5.41, 5.74) is 10.1. The molecule has 2 aliphatic rings. The number of ether oxygens (including phenoxy) is 2. The largest absolute Gasteiger partial charge is 0.497 e. The molecule has 0 aliphatic carbocycles. The predicted molar refractivity (Wildman–Crippen MR) is 112 cm³/mol. The Morgan fingerprint density at radius 3 is 3.00 bits per heavy atom. The second kappa shape index (κ2) is 7.00. The Balaban J connectivity index is 1.44. The predicted octanol–water partition coefficient (Wildman–Crippen LogP) is 3.53. The maximum Gasteiger partial charge on any atom is 0.191 e. The van der Waals surface area contributed by atoms with Gasteiger partial charge in [0.25, 0.3) is 0 Å². The zero-order valence-electron chi connectivity index (χ0n) is 15.5. The van der Waals surface area contributed by atoms with Crippen LogP contribution in [0.3, 0.4) is 0 Å². The monoisotopic (exact) mass is 392 g/mol. The first-order valence-electron chi connectivity index (χ1n) is 9.24. The summed E-state index contributed by atoms with van der Waals surface area (Å²) in [6, 6.07) is 12.2. The first-order valence-corrected chi connectivity index (χ1v) is 10.1. The minimum absolute atomic E-state index is 0.244. The number of nitrogens with zero attached hydrogens (tertiary/aromatic N) is 3. The van der Waals surface area contributed by atoms with Crippen molar-refractivity contribution in [3.8, 4) is 11.5 Å². The van der Waals surface area contributed by atoms with Crippen molar-refractivity contribution in [2.75, 3.05) is 13.7 Å². The third-order valence-electron chi connectivity index (χ3n) is 5.09. The van der Waals surface area contributed by atoms with Gasteiger partial charge in [-0.15, -0.1) is 11.3 Å². The highest BCUT2D eigenvalue weighted by Gasteiger charge is 2.25. The minimum atomic E-state index is -0.493. The number of aromatic nitrogens is 1. The van der Waals surface area contributed by atoms with Gasteiger partial charge in [-0.05, 0) is 47.9 Å². The third kappa shape index (κ3) is 3.16. The average Bonchev–Trinajstić information content (AvgIpc) is 3.16. The molecule has 0 bridgehead atoms. The van der Waals surface area contributed by atoms with Crippen molar-refractivity contribution in [2.24, 2.45) is 15.7 Å². The number of aliphatic imine (C=N–C) groups is 2.